The molecule has 0 bridgehead atoms. The summed E-state index contributed by atoms with van der Waals surface area (Å²) >= 11 is 0. The molecule has 2 atom stereocenters. The average molecular weight is 212 g/mol. The van der Waals surface area contributed by atoms with Crippen molar-refractivity contribution in [1.29, 1.82) is 0 Å². The van der Waals surface area contributed by atoms with Gasteiger partial charge in [0.1, 0.15) is 11.7 Å². The van der Waals surface area contributed by atoms with E-state index in [2.05, 4.69) is 11.8 Å². The third kappa shape index (κ3) is 3.85. The Morgan fingerprint density at radius 2 is 1.80 bits per heavy atom. The van der Waals surface area contributed by atoms with Crippen molar-refractivity contribution in [3.8, 4) is 11.8 Å². The first kappa shape index (κ1) is 14.5. The molecule has 0 aromatic rings. The van der Waals surface area contributed by atoms with E-state index in [0.717, 1.165) is 12.8 Å². The minimum Gasteiger partial charge on any atom is -0.381 e. The Hall–Kier alpha value is -0.520. The Balaban J connectivity index is 5.00. The second-order valence-corrected chi connectivity index (χ2v) is 4.79. The molecule has 0 aromatic carbocycles. The van der Waals surface area contributed by atoms with E-state index in [-0.39, 0.29) is 5.41 Å². The van der Waals surface area contributed by atoms with Gasteiger partial charge in [0, 0.05) is 5.41 Å². The molecule has 15 heavy (non-hydrogen) atoms. The molecule has 0 spiro atoms. The molecule has 2 unspecified atom stereocenters. The van der Waals surface area contributed by atoms with Gasteiger partial charge in [-0.25, -0.2) is 0 Å². The number of aliphatic hydroxyl groups excluding tert-OH is 1. The molecule has 0 fully saturated rings. The molecule has 0 aliphatic carbocycles. The molecule has 0 radical (unpaired) electrons. The highest BCUT2D eigenvalue weighted by atomic mass is 16.3. The number of hydrogen-bond donors (Lipinski definition) is 2. The standard InChI is InChI=1S/C13H24O2/c1-6-9-13(15,10-8-11(3)14)12(4,5)7-2/h11,14-15H,6-7,9H2,1-5H3. The minimum atomic E-state index is -0.993. The van der Waals surface area contributed by atoms with Crippen molar-refractivity contribution < 1.29 is 10.2 Å². The zero-order chi connectivity index (χ0) is 12.1. The van der Waals surface area contributed by atoms with Gasteiger partial charge in [-0.15, -0.1) is 0 Å². The van der Waals surface area contributed by atoms with Crippen molar-refractivity contribution in [2.45, 2.75) is 65.6 Å². The first-order chi connectivity index (χ1) is 6.79. The van der Waals surface area contributed by atoms with Crippen LogP contribution in [-0.2, 0) is 0 Å². The van der Waals surface area contributed by atoms with E-state index in [1.54, 1.807) is 6.92 Å². The van der Waals surface area contributed by atoms with Gasteiger partial charge < -0.3 is 10.2 Å². The summed E-state index contributed by atoms with van der Waals surface area (Å²) in [6, 6.07) is 0. The van der Waals surface area contributed by atoms with E-state index in [9.17, 15) is 5.11 Å². The first-order valence-electron chi connectivity index (χ1n) is 5.72. The Kier molecular flexibility index (Phi) is 5.34. The highest BCUT2D eigenvalue weighted by Gasteiger charge is 2.39. The first-order valence-corrected chi connectivity index (χ1v) is 5.72. The molecule has 2 nitrogen and oxygen atoms in total. The lowest BCUT2D eigenvalue weighted by atomic mass is 9.71. The van der Waals surface area contributed by atoms with Crippen LogP contribution >= 0.6 is 0 Å². The van der Waals surface area contributed by atoms with Crippen LogP contribution in [0.1, 0.15) is 53.9 Å². The third-order valence-electron chi connectivity index (χ3n) is 3.10. The van der Waals surface area contributed by atoms with Gasteiger partial charge in [-0.3, -0.25) is 0 Å². The van der Waals surface area contributed by atoms with Crippen molar-refractivity contribution in [1.82, 2.24) is 0 Å². The van der Waals surface area contributed by atoms with E-state index >= 15 is 0 Å². The number of rotatable bonds is 4. The van der Waals surface area contributed by atoms with Crippen molar-refractivity contribution in [2.24, 2.45) is 5.41 Å². The maximum atomic E-state index is 10.5. The van der Waals surface area contributed by atoms with Gasteiger partial charge in [-0.05, 0) is 19.8 Å². The van der Waals surface area contributed by atoms with Crippen LogP contribution < -0.4 is 0 Å². The predicted octanol–water partition coefficient (Wildman–Crippen LogP) is 2.34. The zero-order valence-corrected chi connectivity index (χ0v) is 10.6. The molecule has 0 heterocycles. The summed E-state index contributed by atoms with van der Waals surface area (Å²) in [6.45, 7) is 9.71. The Morgan fingerprint density at radius 3 is 2.13 bits per heavy atom. The highest BCUT2D eigenvalue weighted by molar-refractivity contribution is 5.20. The van der Waals surface area contributed by atoms with Crippen LogP contribution in [-0.4, -0.2) is 21.9 Å². The van der Waals surface area contributed by atoms with Gasteiger partial charge in [0.15, 0.2) is 0 Å². The van der Waals surface area contributed by atoms with Crippen LogP contribution in [0.3, 0.4) is 0 Å². The molecule has 0 saturated heterocycles. The molecule has 0 rings (SSSR count). The Morgan fingerprint density at radius 1 is 1.27 bits per heavy atom. The Labute approximate surface area is 93.7 Å². The van der Waals surface area contributed by atoms with Gasteiger partial charge in [0.25, 0.3) is 0 Å². The molecular weight excluding hydrogens is 188 g/mol. The third-order valence-corrected chi connectivity index (χ3v) is 3.10. The maximum absolute atomic E-state index is 10.5. The van der Waals surface area contributed by atoms with Gasteiger partial charge in [-0.1, -0.05) is 46.0 Å². The molecule has 0 amide bonds. The van der Waals surface area contributed by atoms with Crippen LogP contribution in [0.4, 0.5) is 0 Å². The fourth-order valence-electron chi connectivity index (χ4n) is 1.45. The summed E-state index contributed by atoms with van der Waals surface area (Å²) in [5.74, 6) is 5.51. The van der Waals surface area contributed by atoms with Crippen molar-refractivity contribution in [2.75, 3.05) is 0 Å². The highest BCUT2D eigenvalue weighted by Crippen LogP contribution is 2.37. The average Bonchev–Trinajstić information content (AvgIpc) is 2.15. The molecule has 88 valence electrons. The fourth-order valence-corrected chi connectivity index (χ4v) is 1.45. The largest absolute Gasteiger partial charge is 0.381 e. The summed E-state index contributed by atoms with van der Waals surface area (Å²) in [5, 5.41) is 19.6. The van der Waals surface area contributed by atoms with Gasteiger partial charge in [0.05, 0.1) is 0 Å². The number of aliphatic hydroxyl groups is 2. The minimum absolute atomic E-state index is 0.245. The molecule has 0 aliphatic heterocycles. The van der Waals surface area contributed by atoms with Crippen molar-refractivity contribution in [3.05, 3.63) is 0 Å². The van der Waals surface area contributed by atoms with Gasteiger partial charge >= 0.3 is 0 Å². The topological polar surface area (TPSA) is 40.5 Å². The normalized spacial score (nSPS) is 17.5. The van der Waals surface area contributed by atoms with E-state index in [4.69, 9.17) is 5.11 Å². The van der Waals surface area contributed by atoms with E-state index < -0.39 is 11.7 Å². The molecule has 0 saturated carbocycles. The maximum Gasteiger partial charge on any atom is 0.130 e. The van der Waals surface area contributed by atoms with Crippen LogP contribution in [0.2, 0.25) is 0 Å². The van der Waals surface area contributed by atoms with E-state index in [0.29, 0.717) is 6.42 Å². The summed E-state index contributed by atoms with van der Waals surface area (Å²) in [4.78, 5) is 0. The van der Waals surface area contributed by atoms with E-state index in [1.807, 2.05) is 27.7 Å². The number of hydrogen-bond acceptors (Lipinski definition) is 2. The second kappa shape index (κ2) is 5.53. The van der Waals surface area contributed by atoms with Crippen LogP contribution in [0.25, 0.3) is 0 Å². The van der Waals surface area contributed by atoms with Crippen LogP contribution in [0.5, 0.6) is 0 Å². The second-order valence-electron chi connectivity index (χ2n) is 4.79. The van der Waals surface area contributed by atoms with E-state index in [1.165, 1.54) is 0 Å². The lowest BCUT2D eigenvalue weighted by Crippen LogP contribution is -2.43. The van der Waals surface area contributed by atoms with Crippen molar-refractivity contribution >= 4 is 0 Å². The van der Waals surface area contributed by atoms with Gasteiger partial charge in [-0.2, -0.15) is 0 Å². The SMILES string of the molecule is CCCC(O)(C#CC(C)O)C(C)(C)CC. The fraction of sp³-hybridized carbons (Fsp3) is 0.846. The predicted molar refractivity (Wildman–Crippen MR) is 63.4 cm³/mol. The summed E-state index contributed by atoms with van der Waals surface area (Å²) in [5.41, 5.74) is -1.24. The molecular formula is C13H24O2. The summed E-state index contributed by atoms with van der Waals surface area (Å²) < 4.78 is 0. The van der Waals surface area contributed by atoms with Crippen LogP contribution in [0, 0.1) is 17.3 Å². The Bertz CT molecular complexity index is 245. The lowest BCUT2D eigenvalue weighted by Gasteiger charge is -2.38. The quantitative estimate of drug-likeness (QED) is 0.702. The lowest BCUT2D eigenvalue weighted by molar-refractivity contribution is -0.0253. The molecule has 2 heteroatoms. The van der Waals surface area contributed by atoms with Crippen molar-refractivity contribution in [3.63, 3.8) is 0 Å². The molecule has 0 aliphatic rings. The smallest absolute Gasteiger partial charge is 0.130 e. The summed E-state index contributed by atoms with van der Waals surface area (Å²) in [6.07, 6.45) is 1.71. The summed E-state index contributed by atoms with van der Waals surface area (Å²) in [7, 11) is 0. The zero-order valence-electron chi connectivity index (χ0n) is 10.6. The molecule has 2 N–H and O–H groups in total. The molecule has 0 aromatic heterocycles. The van der Waals surface area contributed by atoms with Crippen LogP contribution in [0.15, 0.2) is 0 Å². The monoisotopic (exact) mass is 212 g/mol. The van der Waals surface area contributed by atoms with Gasteiger partial charge in [0.2, 0.25) is 0 Å².